The van der Waals surface area contributed by atoms with E-state index in [1.165, 1.54) is 0 Å². The molecule has 1 aliphatic carbocycles. The van der Waals surface area contributed by atoms with Crippen LogP contribution in [0, 0.1) is 10.8 Å². The van der Waals surface area contributed by atoms with Gasteiger partial charge in [-0.2, -0.15) is 0 Å². The lowest BCUT2D eigenvalue weighted by molar-refractivity contribution is 0.0708. The Kier molecular flexibility index (Phi) is 4.10. The monoisotopic (exact) mass is 461 g/mol. The number of benzene rings is 2. The average molecular weight is 462 g/mol. The zero-order chi connectivity index (χ0) is 23.9. The van der Waals surface area contributed by atoms with E-state index in [0.29, 0.717) is 17.1 Å². The molecule has 174 valence electrons. The van der Waals surface area contributed by atoms with Crippen LogP contribution in [-0.4, -0.2) is 43.3 Å². The smallest absolute Gasteiger partial charge is 0.254 e. The van der Waals surface area contributed by atoms with Gasteiger partial charge in [0.2, 0.25) is 0 Å². The van der Waals surface area contributed by atoms with Gasteiger partial charge in [0.25, 0.3) is 5.91 Å². The zero-order valence-electron chi connectivity index (χ0n) is 20.2. The molecule has 2 atom stereocenters. The van der Waals surface area contributed by atoms with Crippen molar-refractivity contribution in [1.29, 1.82) is 0 Å². The lowest BCUT2D eigenvalue weighted by Gasteiger charge is -2.39. The summed E-state index contributed by atoms with van der Waals surface area (Å²) in [5.41, 5.74) is 5.69. The Bertz CT molecular complexity index is 1690. The van der Waals surface area contributed by atoms with Crippen molar-refractivity contribution in [2.24, 2.45) is 10.8 Å². The number of fused-ring (bicyclic) bond motifs is 9. The first-order chi connectivity index (χ1) is 16.8. The van der Waals surface area contributed by atoms with E-state index < -0.39 is 0 Å². The van der Waals surface area contributed by atoms with Crippen LogP contribution >= 0.6 is 0 Å². The van der Waals surface area contributed by atoms with Gasteiger partial charge >= 0.3 is 0 Å². The predicted molar refractivity (Wildman–Crippen MR) is 138 cm³/mol. The van der Waals surface area contributed by atoms with E-state index in [2.05, 4.69) is 35.6 Å². The molecule has 3 aromatic heterocycles. The molecule has 0 unspecified atom stereocenters. The molecule has 4 heterocycles. The number of pyridine rings is 2. The molecule has 1 saturated carbocycles. The Labute approximate surface area is 203 Å². The first-order valence-electron chi connectivity index (χ1n) is 12.3. The number of hydrogen-bond acceptors (Lipinski definition) is 5. The minimum Gasteiger partial charge on any atom is -0.335 e. The van der Waals surface area contributed by atoms with Crippen molar-refractivity contribution in [2.75, 3.05) is 6.54 Å². The Hall–Kier alpha value is -3.67. The molecule has 5 aromatic rings. The summed E-state index contributed by atoms with van der Waals surface area (Å²) in [6.07, 6.45) is 6.88. The summed E-state index contributed by atoms with van der Waals surface area (Å²) in [6.45, 7) is 7.83. The molecule has 1 saturated heterocycles. The quantitative estimate of drug-likeness (QED) is 0.229. The molecule has 2 fully saturated rings. The second kappa shape index (κ2) is 6.94. The van der Waals surface area contributed by atoms with Crippen molar-refractivity contribution < 1.29 is 4.79 Å². The molecule has 35 heavy (non-hydrogen) atoms. The first kappa shape index (κ1) is 20.7. The van der Waals surface area contributed by atoms with Crippen molar-refractivity contribution in [3.05, 3.63) is 60.4 Å². The van der Waals surface area contributed by atoms with Gasteiger partial charge in [0.1, 0.15) is 11.0 Å². The van der Waals surface area contributed by atoms with E-state index in [9.17, 15) is 4.79 Å². The molecule has 2 aliphatic rings. The summed E-state index contributed by atoms with van der Waals surface area (Å²) < 4.78 is 0. The molecule has 0 spiro atoms. The van der Waals surface area contributed by atoms with Crippen LogP contribution < -0.4 is 0 Å². The van der Waals surface area contributed by atoms with Gasteiger partial charge in [0.15, 0.2) is 0 Å². The third-order valence-electron chi connectivity index (χ3n) is 7.94. The predicted octanol–water partition coefficient (Wildman–Crippen LogP) is 5.92. The molecule has 6 nitrogen and oxygen atoms in total. The van der Waals surface area contributed by atoms with Gasteiger partial charge in [0.05, 0.1) is 22.1 Å². The molecule has 0 N–H and O–H groups in total. The highest BCUT2D eigenvalue weighted by atomic mass is 16.2. The summed E-state index contributed by atoms with van der Waals surface area (Å²) in [5, 5.41) is 2.02. The van der Waals surface area contributed by atoms with E-state index in [0.717, 1.165) is 64.2 Å². The van der Waals surface area contributed by atoms with Crippen LogP contribution in [-0.2, 0) is 0 Å². The summed E-state index contributed by atoms with van der Waals surface area (Å²) in [5.74, 6) is 0.100. The average Bonchev–Trinajstić information content (AvgIpc) is 3.10. The van der Waals surface area contributed by atoms with Gasteiger partial charge in [-0.3, -0.25) is 14.8 Å². The maximum atomic E-state index is 13.7. The van der Waals surface area contributed by atoms with E-state index >= 15 is 0 Å². The summed E-state index contributed by atoms with van der Waals surface area (Å²) >= 11 is 0. The Morgan fingerprint density at radius 2 is 1.51 bits per heavy atom. The topological polar surface area (TPSA) is 71.9 Å². The number of carbonyl (C=O) groups excluding carboxylic acids is 1. The second-order valence-corrected chi connectivity index (χ2v) is 11.6. The minimum absolute atomic E-state index is 0.100. The molecular formula is C29H27N5O. The van der Waals surface area contributed by atoms with Gasteiger partial charge < -0.3 is 4.90 Å². The lowest BCUT2D eigenvalue weighted by Crippen LogP contribution is -2.37. The summed E-state index contributed by atoms with van der Waals surface area (Å²) in [4.78, 5) is 35.0. The number of hydrogen-bond donors (Lipinski definition) is 0. The highest BCUT2D eigenvalue weighted by Gasteiger charge is 2.51. The number of carbonyl (C=O) groups is 1. The van der Waals surface area contributed by atoms with Crippen LogP contribution in [0.25, 0.3) is 43.9 Å². The van der Waals surface area contributed by atoms with Crippen LogP contribution in [0.3, 0.4) is 0 Å². The zero-order valence-corrected chi connectivity index (χ0v) is 20.2. The highest BCUT2D eigenvalue weighted by Crippen LogP contribution is 2.52. The maximum absolute atomic E-state index is 13.7. The van der Waals surface area contributed by atoms with Crippen molar-refractivity contribution >= 4 is 49.8 Å². The molecule has 2 bridgehead atoms. The fraction of sp³-hybridized carbons (Fsp3) is 0.345. The fourth-order valence-electron chi connectivity index (χ4n) is 7.00. The molecular weight excluding hydrogens is 434 g/mol. The lowest BCUT2D eigenvalue weighted by atomic mass is 9.65. The molecule has 1 amide bonds. The van der Waals surface area contributed by atoms with E-state index in [1.807, 2.05) is 42.5 Å². The van der Waals surface area contributed by atoms with Crippen molar-refractivity contribution in [3.63, 3.8) is 0 Å². The van der Waals surface area contributed by atoms with Gasteiger partial charge in [-0.05, 0) is 60.4 Å². The van der Waals surface area contributed by atoms with Crippen LogP contribution in [0.2, 0.25) is 0 Å². The highest BCUT2D eigenvalue weighted by molar-refractivity contribution is 6.21. The van der Waals surface area contributed by atoms with Gasteiger partial charge in [0, 0.05) is 41.3 Å². The number of amides is 1. The standard InChI is InChI=1S/C29H27N5O/c1-28(2)13-18-14-29(3,15-28)16-34(18)27(35)17-8-9-21-22(12-17)33-26-24-20(7-5-11-31-24)19-6-4-10-30-23(19)25(26)32-21/h4-12,18H,13-16H2,1-3H3/t18-,29+/m0/s1. The Morgan fingerprint density at radius 1 is 0.857 bits per heavy atom. The fourth-order valence-corrected chi connectivity index (χ4v) is 7.00. The molecule has 0 radical (unpaired) electrons. The Morgan fingerprint density at radius 3 is 2.20 bits per heavy atom. The minimum atomic E-state index is 0.100. The molecule has 1 aliphatic heterocycles. The van der Waals surface area contributed by atoms with Crippen molar-refractivity contribution in [1.82, 2.24) is 24.8 Å². The number of rotatable bonds is 1. The van der Waals surface area contributed by atoms with Crippen LogP contribution in [0.4, 0.5) is 0 Å². The number of likely N-dealkylation sites (tertiary alicyclic amines) is 1. The van der Waals surface area contributed by atoms with Crippen molar-refractivity contribution in [3.8, 4) is 0 Å². The summed E-state index contributed by atoms with van der Waals surface area (Å²) in [6, 6.07) is 14.0. The van der Waals surface area contributed by atoms with Gasteiger partial charge in [-0.1, -0.05) is 32.9 Å². The van der Waals surface area contributed by atoms with E-state index in [1.54, 1.807) is 12.4 Å². The van der Waals surface area contributed by atoms with Crippen molar-refractivity contribution in [2.45, 2.75) is 46.1 Å². The second-order valence-electron chi connectivity index (χ2n) is 11.6. The molecule has 2 aromatic carbocycles. The van der Waals surface area contributed by atoms with E-state index in [4.69, 9.17) is 9.97 Å². The molecule has 6 heteroatoms. The third kappa shape index (κ3) is 3.12. The van der Waals surface area contributed by atoms with E-state index in [-0.39, 0.29) is 16.7 Å². The third-order valence-corrected chi connectivity index (χ3v) is 7.94. The maximum Gasteiger partial charge on any atom is 0.254 e. The largest absolute Gasteiger partial charge is 0.335 e. The number of nitrogens with zero attached hydrogens (tertiary/aromatic N) is 5. The van der Waals surface area contributed by atoms with Crippen LogP contribution in [0.15, 0.2) is 54.9 Å². The Balaban J connectivity index is 1.38. The summed E-state index contributed by atoms with van der Waals surface area (Å²) in [7, 11) is 0. The normalized spacial score (nSPS) is 23.5. The van der Waals surface area contributed by atoms with Gasteiger partial charge in [-0.25, -0.2) is 9.97 Å². The number of aromatic nitrogens is 4. The SMILES string of the molecule is CC1(C)C[C@H]2C[C@@](C)(CN2C(=O)c2ccc3nc4c5ncccc5c5cccnc5c4nc3c2)C1. The van der Waals surface area contributed by atoms with Gasteiger partial charge in [-0.15, -0.1) is 0 Å². The molecule has 7 rings (SSSR count). The van der Waals surface area contributed by atoms with Crippen LogP contribution in [0.5, 0.6) is 0 Å². The first-order valence-corrected chi connectivity index (χ1v) is 12.3. The van der Waals surface area contributed by atoms with Crippen LogP contribution in [0.1, 0.15) is 50.4 Å².